The van der Waals surface area contributed by atoms with Gasteiger partial charge in [-0.15, -0.1) is 0 Å². The molecular formula is C16H24N2O3. The molecule has 1 heterocycles. The lowest BCUT2D eigenvalue weighted by Crippen LogP contribution is -2.46. The van der Waals surface area contributed by atoms with Crippen LogP contribution in [0.15, 0.2) is 18.2 Å². The van der Waals surface area contributed by atoms with Gasteiger partial charge in [0, 0.05) is 20.2 Å². The first-order valence-corrected chi connectivity index (χ1v) is 7.41. The molecule has 0 saturated carbocycles. The van der Waals surface area contributed by atoms with E-state index in [1.807, 2.05) is 11.8 Å². The van der Waals surface area contributed by atoms with Gasteiger partial charge in [0.15, 0.2) is 5.75 Å². The van der Waals surface area contributed by atoms with Crippen molar-refractivity contribution in [1.82, 2.24) is 4.90 Å². The van der Waals surface area contributed by atoms with Crippen molar-refractivity contribution in [1.29, 1.82) is 0 Å². The van der Waals surface area contributed by atoms with Crippen LogP contribution >= 0.6 is 0 Å². The van der Waals surface area contributed by atoms with Crippen LogP contribution in [0.4, 0.5) is 5.69 Å². The molecule has 0 spiro atoms. The van der Waals surface area contributed by atoms with E-state index in [0.717, 1.165) is 13.0 Å². The molecule has 116 valence electrons. The molecule has 0 aromatic heterocycles. The number of nitrogens with zero attached hydrogens (tertiary/aromatic N) is 1. The van der Waals surface area contributed by atoms with Crippen LogP contribution in [0, 0.1) is 5.92 Å². The quantitative estimate of drug-likeness (QED) is 0.864. The number of nitrogen functional groups attached to an aromatic ring is 1. The molecule has 1 fully saturated rings. The molecule has 1 aliphatic rings. The number of hydrogen-bond donors (Lipinski definition) is 1. The minimum atomic E-state index is -0.0419. The summed E-state index contributed by atoms with van der Waals surface area (Å²) >= 11 is 0. The highest BCUT2D eigenvalue weighted by atomic mass is 16.5. The predicted octanol–water partition coefficient (Wildman–Crippen LogP) is 2.16. The minimum absolute atomic E-state index is 0.0419. The van der Waals surface area contributed by atoms with Crippen molar-refractivity contribution in [2.75, 3.05) is 32.5 Å². The van der Waals surface area contributed by atoms with E-state index in [-0.39, 0.29) is 12.0 Å². The SMILES string of the molecule is CCOc1c(N)cccc1C(=O)N1CCC(C)C(OC)C1. The smallest absolute Gasteiger partial charge is 0.257 e. The van der Waals surface area contributed by atoms with Crippen molar-refractivity contribution in [3.8, 4) is 5.75 Å². The maximum atomic E-state index is 12.8. The Morgan fingerprint density at radius 2 is 2.24 bits per heavy atom. The lowest BCUT2D eigenvalue weighted by Gasteiger charge is -2.36. The summed E-state index contributed by atoms with van der Waals surface area (Å²) in [5.74, 6) is 0.906. The third-order valence-corrected chi connectivity index (χ3v) is 4.04. The number of amides is 1. The number of methoxy groups -OCH3 is 1. The Labute approximate surface area is 126 Å². The first-order chi connectivity index (χ1) is 10.1. The number of carbonyl (C=O) groups is 1. The van der Waals surface area contributed by atoms with E-state index in [9.17, 15) is 4.79 Å². The van der Waals surface area contributed by atoms with Crippen molar-refractivity contribution >= 4 is 11.6 Å². The molecule has 1 aromatic rings. The third-order valence-electron chi connectivity index (χ3n) is 4.04. The van der Waals surface area contributed by atoms with E-state index in [1.165, 1.54) is 0 Å². The van der Waals surface area contributed by atoms with Gasteiger partial charge in [0.25, 0.3) is 5.91 Å². The highest BCUT2D eigenvalue weighted by Crippen LogP contribution is 2.29. The second-order valence-corrected chi connectivity index (χ2v) is 5.45. The molecule has 5 heteroatoms. The summed E-state index contributed by atoms with van der Waals surface area (Å²) in [5, 5.41) is 0. The summed E-state index contributed by atoms with van der Waals surface area (Å²) in [4.78, 5) is 14.6. The Bertz CT molecular complexity index is 504. The van der Waals surface area contributed by atoms with Crippen molar-refractivity contribution in [2.45, 2.75) is 26.4 Å². The molecule has 1 aliphatic heterocycles. The topological polar surface area (TPSA) is 64.8 Å². The standard InChI is InChI=1S/C16H24N2O3/c1-4-21-15-12(6-5-7-13(15)17)16(19)18-9-8-11(2)14(10-18)20-3/h5-7,11,14H,4,8-10,17H2,1-3H3. The van der Waals surface area contributed by atoms with E-state index in [2.05, 4.69) is 6.92 Å². The molecule has 0 radical (unpaired) electrons. The summed E-state index contributed by atoms with van der Waals surface area (Å²) in [6, 6.07) is 5.30. The monoisotopic (exact) mass is 292 g/mol. The van der Waals surface area contributed by atoms with Crippen LogP contribution in [-0.4, -0.2) is 43.7 Å². The Hall–Kier alpha value is -1.75. The first-order valence-electron chi connectivity index (χ1n) is 7.41. The molecule has 2 unspecified atom stereocenters. The number of para-hydroxylation sites is 1. The van der Waals surface area contributed by atoms with Crippen molar-refractivity contribution in [2.24, 2.45) is 5.92 Å². The Kier molecular flexibility index (Phi) is 5.07. The molecule has 0 bridgehead atoms. The molecule has 21 heavy (non-hydrogen) atoms. The molecule has 1 amide bonds. The summed E-state index contributed by atoms with van der Waals surface area (Å²) in [6.07, 6.45) is 1.02. The van der Waals surface area contributed by atoms with Crippen molar-refractivity contribution in [3.05, 3.63) is 23.8 Å². The average Bonchev–Trinajstić information content (AvgIpc) is 2.49. The number of carbonyl (C=O) groups excluding carboxylic acids is 1. The van der Waals surface area contributed by atoms with Gasteiger partial charge >= 0.3 is 0 Å². The molecule has 1 saturated heterocycles. The fraction of sp³-hybridized carbons (Fsp3) is 0.562. The second kappa shape index (κ2) is 6.80. The van der Waals surface area contributed by atoms with Gasteiger partial charge in [0.2, 0.25) is 0 Å². The van der Waals surface area contributed by atoms with Crippen LogP contribution in [0.1, 0.15) is 30.6 Å². The van der Waals surface area contributed by atoms with Gasteiger partial charge < -0.3 is 20.1 Å². The van der Waals surface area contributed by atoms with Crippen LogP contribution in [0.25, 0.3) is 0 Å². The average molecular weight is 292 g/mol. The molecule has 2 atom stereocenters. The Balaban J connectivity index is 2.22. The van der Waals surface area contributed by atoms with Crippen LogP contribution < -0.4 is 10.5 Å². The van der Waals surface area contributed by atoms with Gasteiger partial charge in [-0.3, -0.25) is 4.79 Å². The predicted molar refractivity (Wildman–Crippen MR) is 82.5 cm³/mol. The number of nitrogens with two attached hydrogens (primary N) is 1. The van der Waals surface area contributed by atoms with Crippen LogP contribution in [0.2, 0.25) is 0 Å². The Morgan fingerprint density at radius 1 is 1.48 bits per heavy atom. The lowest BCUT2D eigenvalue weighted by molar-refractivity contribution is -0.00167. The fourth-order valence-electron chi connectivity index (χ4n) is 2.72. The van der Waals surface area contributed by atoms with Gasteiger partial charge in [-0.1, -0.05) is 13.0 Å². The van der Waals surface area contributed by atoms with Gasteiger partial charge in [-0.2, -0.15) is 0 Å². The molecule has 2 rings (SSSR count). The first kappa shape index (κ1) is 15.6. The highest BCUT2D eigenvalue weighted by molar-refractivity contribution is 5.98. The highest BCUT2D eigenvalue weighted by Gasteiger charge is 2.30. The second-order valence-electron chi connectivity index (χ2n) is 5.45. The lowest BCUT2D eigenvalue weighted by atomic mass is 9.95. The van der Waals surface area contributed by atoms with Gasteiger partial charge in [0.05, 0.1) is 24.0 Å². The number of piperidine rings is 1. The molecule has 1 aromatic carbocycles. The molecular weight excluding hydrogens is 268 g/mol. The molecule has 2 N–H and O–H groups in total. The van der Waals surface area contributed by atoms with Crippen molar-refractivity contribution < 1.29 is 14.3 Å². The van der Waals surface area contributed by atoms with Crippen LogP contribution in [-0.2, 0) is 4.74 Å². The number of hydrogen-bond acceptors (Lipinski definition) is 4. The number of rotatable bonds is 4. The normalized spacial score (nSPS) is 22.1. The number of anilines is 1. The summed E-state index contributed by atoms with van der Waals surface area (Å²) in [6.45, 7) is 5.86. The van der Waals surface area contributed by atoms with E-state index < -0.39 is 0 Å². The molecule has 5 nitrogen and oxygen atoms in total. The largest absolute Gasteiger partial charge is 0.491 e. The number of benzene rings is 1. The maximum absolute atomic E-state index is 12.8. The summed E-state index contributed by atoms with van der Waals surface area (Å²) < 4.78 is 11.0. The zero-order chi connectivity index (χ0) is 15.4. The zero-order valence-corrected chi connectivity index (χ0v) is 13.0. The van der Waals surface area contributed by atoms with Crippen LogP contribution in [0.3, 0.4) is 0 Å². The van der Waals surface area contributed by atoms with Gasteiger partial charge in [-0.25, -0.2) is 0 Å². The summed E-state index contributed by atoms with van der Waals surface area (Å²) in [5.41, 5.74) is 6.96. The van der Waals surface area contributed by atoms with E-state index >= 15 is 0 Å². The minimum Gasteiger partial charge on any atom is -0.491 e. The van der Waals surface area contributed by atoms with Crippen LogP contribution in [0.5, 0.6) is 5.75 Å². The summed E-state index contributed by atoms with van der Waals surface area (Å²) in [7, 11) is 1.70. The molecule has 0 aliphatic carbocycles. The maximum Gasteiger partial charge on any atom is 0.257 e. The van der Waals surface area contributed by atoms with E-state index in [0.29, 0.717) is 36.1 Å². The van der Waals surface area contributed by atoms with Gasteiger partial charge in [-0.05, 0) is 31.4 Å². The number of likely N-dealkylation sites (tertiary alicyclic amines) is 1. The fourth-order valence-corrected chi connectivity index (χ4v) is 2.72. The van der Waals surface area contributed by atoms with E-state index in [1.54, 1.807) is 25.3 Å². The number of ether oxygens (including phenoxy) is 2. The van der Waals surface area contributed by atoms with Crippen molar-refractivity contribution in [3.63, 3.8) is 0 Å². The third kappa shape index (κ3) is 3.29. The van der Waals surface area contributed by atoms with E-state index in [4.69, 9.17) is 15.2 Å². The Morgan fingerprint density at radius 3 is 2.90 bits per heavy atom. The zero-order valence-electron chi connectivity index (χ0n) is 13.0. The van der Waals surface area contributed by atoms with Gasteiger partial charge in [0.1, 0.15) is 0 Å².